The van der Waals surface area contributed by atoms with Gasteiger partial charge in [0.15, 0.2) is 20.4 Å². The van der Waals surface area contributed by atoms with Gasteiger partial charge < -0.3 is 19.9 Å². The number of rotatable bonds is 10. The molecule has 0 aliphatic carbocycles. The maximum atomic E-state index is 13.1. The molecule has 2 N–H and O–H groups in total. The smallest absolute Gasteiger partial charge is 0.239 e. The Morgan fingerprint density at radius 3 is 2.16 bits per heavy atom. The van der Waals surface area contributed by atoms with Crippen molar-refractivity contribution in [2.75, 3.05) is 26.9 Å². The zero-order valence-corrected chi connectivity index (χ0v) is 18.7. The van der Waals surface area contributed by atoms with Crippen LogP contribution < -0.4 is 15.2 Å². The summed E-state index contributed by atoms with van der Waals surface area (Å²) in [4.78, 5) is 24.3. The molecule has 1 aliphatic rings. The average molecular weight is 462 g/mol. The van der Waals surface area contributed by atoms with Crippen LogP contribution in [0.2, 0.25) is 0 Å². The van der Waals surface area contributed by atoms with Gasteiger partial charge in [-0.3, -0.25) is 9.59 Å². The molecule has 1 aliphatic heterocycles. The molecule has 8 nitrogen and oxygen atoms in total. The van der Waals surface area contributed by atoms with Crippen LogP contribution in [0.25, 0.3) is 0 Å². The molecule has 1 amide bonds. The first-order valence-electron chi connectivity index (χ1n) is 10.3. The van der Waals surface area contributed by atoms with E-state index in [0.29, 0.717) is 36.5 Å². The van der Waals surface area contributed by atoms with Crippen LogP contribution in [0, 0.1) is 0 Å². The third-order valence-electron chi connectivity index (χ3n) is 5.63. The van der Waals surface area contributed by atoms with E-state index in [9.17, 15) is 18.0 Å². The van der Waals surface area contributed by atoms with E-state index in [4.69, 9.17) is 19.9 Å². The molecule has 0 spiro atoms. The predicted octanol–water partition coefficient (Wildman–Crippen LogP) is 2.55. The highest BCUT2D eigenvalue weighted by atomic mass is 32.2. The number of primary amides is 1. The number of hydrogen-bond acceptors (Lipinski definition) is 7. The molecular weight excluding hydrogens is 434 g/mol. The third kappa shape index (κ3) is 4.94. The summed E-state index contributed by atoms with van der Waals surface area (Å²) in [5, 5.41) is 0. The standard InChI is InChI=1S/C23H27NO7S/c1-29-18-6-4-17(5-7-18)21(25)3-2-14-31-19-8-10-20(11-9-19)32(27,28)23(22(24)26)12-15-30-16-13-23/h4-11H,2-3,12-16H2,1H3,(H2,24,26). The van der Waals surface area contributed by atoms with E-state index >= 15 is 0 Å². The van der Waals surface area contributed by atoms with Gasteiger partial charge in [0.2, 0.25) is 5.91 Å². The van der Waals surface area contributed by atoms with Crippen LogP contribution in [0.1, 0.15) is 36.0 Å². The van der Waals surface area contributed by atoms with Crippen molar-refractivity contribution < 1.29 is 32.2 Å². The number of ether oxygens (including phenoxy) is 3. The van der Waals surface area contributed by atoms with Crippen molar-refractivity contribution >= 4 is 21.5 Å². The van der Waals surface area contributed by atoms with Gasteiger partial charge in [0.1, 0.15) is 11.5 Å². The third-order valence-corrected chi connectivity index (χ3v) is 8.16. The summed E-state index contributed by atoms with van der Waals surface area (Å²) in [6.45, 7) is 0.633. The van der Waals surface area contributed by atoms with Crippen molar-refractivity contribution in [3.8, 4) is 11.5 Å². The minimum atomic E-state index is -3.98. The highest BCUT2D eigenvalue weighted by molar-refractivity contribution is 7.93. The molecule has 1 fully saturated rings. The van der Waals surface area contributed by atoms with Gasteiger partial charge in [-0.15, -0.1) is 0 Å². The molecular formula is C23H27NO7S. The van der Waals surface area contributed by atoms with Crippen molar-refractivity contribution in [1.29, 1.82) is 0 Å². The fourth-order valence-corrected chi connectivity index (χ4v) is 5.55. The Morgan fingerprint density at radius 2 is 1.59 bits per heavy atom. The number of amides is 1. The van der Waals surface area contributed by atoms with Crippen molar-refractivity contribution in [3.63, 3.8) is 0 Å². The first kappa shape index (κ1) is 23.7. The number of ketones is 1. The van der Waals surface area contributed by atoms with E-state index in [1.165, 1.54) is 24.3 Å². The summed E-state index contributed by atoms with van der Waals surface area (Å²) in [7, 11) is -2.41. The van der Waals surface area contributed by atoms with Gasteiger partial charge >= 0.3 is 0 Å². The fraction of sp³-hybridized carbons (Fsp3) is 0.391. The molecule has 32 heavy (non-hydrogen) atoms. The molecule has 2 aromatic carbocycles. The van der Waals surface area contributed by atoms with Gasteiger partial charge in [-0.1, -0.05) is 0 Å². The lowest BCUT2D eigenvalue weighted by Crippen LogP contribution is -2.53. The second-order valence-electron chi connectivity index (χ2n) is 7.55. The zero-order chi connectivity index (χ0) is 23.2. The van der Waals surface area contributed by atoms with Crippen molar-refractivity contribution in [1.82, 2.24) is 0 Å². The molecule has 1 saturated heterocycles. The second-order valence-corrected chi connectivity index (χ2v) is 9.81. The minimum Gasteiger partial charge on any atom is -0.497 e. The van der Waals surface area contributed by atoms with Gasteiger partial charge in [0.25, 0.3) is 0 Å². The summed E-state index contributed by atoms with van der Waals surface area (Å²) in [5.74, 6) is 0.309. The Hall–Kier alpha value is -2.91. The van der Waals surface area contributed by atoms with Crippen LogP contribution in [-0.2, 0) is 19.4 Å². The number of hydrogen-bond donors (Lipinski definition) is 1. The molecule has 0 aromatic heterocycles. The summed E-state index contributed by atoms with van der Waals surface area (Å²) in [6.07, 6.45) is 0.897. The number of methoxy groups -OCH3 is 1. The molecule has 0 atom stereocenters. The molecule has 0 bridgehead atoms. The molecule has 0 saturated carbocycles. The van der Waals surface area contributed by atoms with E-state index in [0.717, 1.165) is 0 Å². The van der Waals surface area contributed by atoms with Crippen molar-refractivity contribution in [2.45, 2.75) is 35.3 Å². The van der Waals surface area contributed by atoms with Gasteiger partial charge in [-0.2, -0.15) is 0 Å². The van der Waals surface area contributed by atoms with Crippen LogP contribution in [0.3, 0.4) is 0 Å². The van der Waals surface area contributed by atoms with E-state index in [2.05, 4.69) is 0 Å². The lowest BCUT2D eigenvalue weighted by atomic mass is 9.98. The first-order chi connectivity index (χ1) is 15.3. The van der Waals surface area contributed by atoms with Gasteiger partial charge in [0, 0.05) is 25.2 Å². The monoisotopic (exact) mass is 461 g/mol. The Morgan fingerprint density at radius 1 is 1.00 bits per heavy atom. The maximum absolute atomic E-state index is 13.1. The summed E-state index contributed by atoms with van der Waals surface area (Å²) in [6, 6.07) is 12.8. The quantitative estimate of drug-likeness (QED) is 0.426. The Balaban J connectivity index is 1.56. The second kappa shape index (κ2) is 10.1. The van der Waals surface area contributed by atoms with Crippen LogP contribution in [0.15, 0.2) is 53.4 Å². The molecule has 172 valence electrons. The predicted molar refractivity (Wildman–Crippen MR) is 118 cm³/mol. The Labute approximate surface area is 187 Å². The van der Waals surface area contributed by atoms with Gasteiger partial charge in [0.05, 0.1) is 18.6 Å². The fourth-order valence-electron chi connectivity index (χ4n) is 3.63. The van der Waals surface area contributed by atoms with Crippen LogP contribution in [0.5, 0.6) is 11.5 Å². The van der Waals surface area contributed by atoms with Crippen molar-refractivity contribution in [3.05, 3.63) is 54.1 Å². The molecule has 9 heteroatoms. The SMILES string of the molecule is COc1ccc(C(=O)CCCOc2ccc(S(=O)(=O)C3(C(N)=O)CCOCC3)cc2)cc1. The van der Waals surface area contributed by atoms with Crippen molar-refractivity contribution in [2.24, 2.45) is 5.73 Å². The Kier molecular flexibility index (Phi) is 7.52. The number of nitrogens with two attached hydrogens (primary N) is 1. The number of Topliss-reactive ketones (excluding diaryl/α,β-unsaturated/α-hetero) is 1. The summed E-state index contributed by atoms with van der Waals surface area (Å²) >= 11 is 0. The average Bonchev–Trinajstić information content (AvgIpc) is 2.82. The number of benzene rings is 2. The highest BCUT2D eigenvalue weighted by Gasteiger charge is 2.51. The van der Waals surface area contributed by atoms with Crippen LogP contribution in [-0.4, -0.2) is 51.8 Å². The first-order valence-corrected chi connectivity index (χ1v) is 11.8. The number of carbonyl (C=O) groups is 2. The highest BCUT2D eigenvalue weighted by Crippen LogP contribution is 2.35. The van der Waals surface area contributed by atoms with E-state index < -0.39 is 20.5 Å². The summed E-state index contributed by atoms with van der Waals surface area (Å²) in [5.41, 5.74) is 6.09. The minimum absolute atomic E-state index is 0.00547. The lowest BCUT2D eigenvalue weighted by Gasteiger charge is -2.33. The lowest BCUT2D eigenvalue weighted by molar-refractivity contribution is -0.122. The largest absolute Gasteiger partial charge is 0.497 e. The molecule has 3 rings (SSSR count). The maximum Gasteiger partial charge on any atom is 0.239 e. The molecule has 0 unspecified atom stereocenters. The van der Waals surface area contributed by atoms with E-state index in [-0.39, 0.29) is 36.7 Å². The van der Waals surface area contributed by atoms with E-state index in [1.807, 2.05) is 0 Å². The van der Waals surface area contributed by atoms with Crippen LogP contribution in [0.4, 0.5) is 0 Å². The number of sulfone groups is 1. The van der Waals surface area contributed by atoms with Gasteiger partial charge in [-0.05, 0) is 67.8 Å². The van der Waals surface area contributed by atoms with Crippen LogP contribution >= 0.6 is 0 Å². The molecule has 0 radical (unpaired) electrons. The molecule has 1 heterocycles. The number of carbonyl (C=O) groups excluding carboxylic acids is 2. The summed E-state index contributed by atoms with van der Waals surface area (Å²) < 4.78 is 40.5. The van der Waals surface area contributed by atoms with Gasteiger partial charge in [-0.25, -0.2) is 8.42 Å². The van der Waals surface area contributed by atoms with E-state index in [1.54, 1.807) is 31.4 Å². The normalized spacial score (nSPS) is 15.7. The molecule has 2 aromatic rings. The Bertz CT molecular complexity index is 1040. The topological polar surface area (TPSA) is 122 Å². The zero-order valence-electron chi connectivity index (χ0n) is 17.9.